The fourth-order valence-electron chi connectivity index (χ4n) is 5.65. The van der Waals surface area contributed by atoms with Crippen LogP contribution in [0.3, 0.4) is 0 Å². The number of fused-ring (bicyclic) bond motifs is 1. The normalized spacial score (nSPS) is 15.1. The van der Waals surface area contributed by atoms with Gasteiger partial charge in [-0.15, -0.1) is 0 Å². The van der Waals surface area contributed by atoms with Gasteiger partial charge in [-0.1, -0.05) is 41.9 Å². The second-order valence-corrected chi connectivity index (χ2v) is 11.7. The SMILES string of the molecule is CCN(c1ccccc1)c1ncc2cc(-c3ccc(-c4cncc(C)n4)cc3Cl)c(=O)n(CC3(O)CCN(C)CC3)c2n1. The molecule has 0 bridgehead atoms. The van der Waals surface area contributed by atoms with Gasteiger partial charge in [0.05, 0.1) is 29.7 Å². The van der Waals surface area contributed by atoms with Gasteiger partial charge >= 0.3 is 0 Å². The molecule has 0 aliphatic carbocycles. The number of aliphatic hydroxyl groups is 1. The first-order chi connectivity index (χ1) is 20.7. The van der Waals surface area contributed by atoms with Crippen LogP contribution < -0.4 is 10.5 Å². The summed E-state index contributed by atoms with van der Waals surface area (Å²) in [5.74, 6) is 0.485. The summed E-state index contributed by atoms with van der Waals surface area (Å²) in [6.45, 7) is 6.17. The van der Waals surface area contributed by atoms with Gasteiger partial charge in [0.1, 0.15) is 5.65 Å². The number of piperidine rings is 1. The van der Waals surface area contributed by atoms with Crippen LogP contribution in [0.4, 0.5) is 11.6 Å². The lowest BCUT2D eigenvalue weighted by Crippen LogP contribution is -2.47. The summed E-state index contributed by atoms with van der Waals surface area (Å²) in [6.07, 6.45) is 6.23. The molecule has 4 heterocycles. The van der Waals surface area contributed by atoms with E-state index in [2.05, 4.69) is 14.9 Å². The van der Waals surface area contributed by atoms with Crippen LogP contribution in [0.5, 0.6) is 0 Å². The highest BCUT2D eigenvalue weighted by atomic mass is 35.5. The molecular weight excluding hydrogens is 562 g/mol. The van der Waals surface area contributed by atoms with Crippen molar-refractivity contribution < 1.29 is 5.11 Å². The Labute approximate surface area is 255 Å². The van der Waals surface area contributed by atoms with Crippen molar-refractivity contribution in [3.8, 4) is 22.4 Å². The van der Waals surface area contributed by atoms with Gasteiger partial charge in [-0.05, 0) is 58.0 Å². The Hall–Kier alpha value is -4.18. The Morgan fingerprint density at radius 3 is 2.47 bits per heavy atom. The topological polar surface area (TPSA) is 100 Å². The quantitative estimate of drug-likeness (QED) is 0.264. The molecule has 220 valence electrons. The molecule has 0 radical (unpaired) electrons. The molecule has 6 rings (SSSR count). The van der Waals surface area contributed by atoms with E-state index < -0.39 is 5.60 Å². The van der Waals surface area contributed by atoms with Gasteiger partial charge in [0.2, 0.25) is 5.95 Å². The molecule has 1 fully saturated rings. The van der Waals surface area contributed by atoms with Gasteiger partial charge in [0, 0.05) is 64.8 Å². The molecule has 43 heavy (non-hydrogen) atoms. The molecule has 0 saturated carbocycles. The minimum atomic E-state index is -1.05. The molecule has 2 aromatic carbocycles. The number of aryl methyl sites for hydroxylation is 1. The van der Waals surface area contributed by atoms with Crippen LogP contribution in [-0.2, 0) is 6.54 Å². The second-order valence-electron chi connectivity index (χ2n) is 11.2. The Balaban J connectivity index is 1.49. The van der Waals surface area contributed by atoms with Crippen molar-refractivity contribution in [3.63, 3.8) is 0 Å². The van der Waals surface area contributed by atoms with Gasteiger partial charge in [0.25, 0.3) is 5.56 Å². The highest BCUT2D eigenvalue weighted by Crippen LogP contribution is 2.33. The van der Waals surface area contributed by atoms with E-state index in [-0.39, 0.29) is 12.1 Å². The molecule has 0 unspecified atom stereocenters. The summed E-state index contributed by atoms with van der Waals surface area (Å²) < 4.78 is 1.61. The van der Waals surface area contributed by atoms with Crippen LogP contribution in [0.25, 0.3) is 33.4 Å². The highest BCUT2D eigenvalue weighted by Gasteiger charge is 2.33. The third kappa shape index (κ3) is 5.88. The number of hydrogen-bond acceptors (Lipinski definition) is 8. The van der Waals surface area contributed by atoms with E-state index in [0.29, 0.717) is 58.2 Å². The first kappa shape index (κ1) is 28.9. The van der Waals surface area contributed by atoms with Gasteiger partial charge in [-0.25, -0.2) is 9.97 Å². The monoisotopic (exact) mass is 595 g/mol. The maximum atomic E-state index is 14.3. The lowest BCUT2D eigenvalue weighted by atomic mass is 9.91. The molecule has 3 aromatic heterocycles. The van der Waals surface area contributed by atoms with Crippen LogP contribution in [0.2, 0.25) is 5.02 Å². The van der Waals surface area contributed by atoms with Crippen molar-refractivity contribution >= 4 is 34.3 Å². The highest BCUT2D eigenvalue weighted by molar-refractivity contribution is 6.33. The largest absolute Gasteiger partial charge is 0.388 e. The first-order valence-electron chi connectivity index (χ1n) is 14.5. The van der Waals surface area contributed by atoms with Crippen LogP contribution in [0.1, 0.15) is 25.5 Å². The molecule has 5 aromatic rings. The third-order valence-electron chi connectivity index (χ3n) is 8.12. The number of likely N-dealkylation sites (tertiary alicyclic amines) is 1. The summed E-state index contributed by atoms with van der Waals surface area (Å²) in [5, 5.41) is 12.8. The zero-order valence-corrected chi connectivity index (χ0v) is 25.3. The van der Waals surface area contributed by atoms with E-state index in [9.17, 15) is 9.90 Å². The molecule has 0 atom stereocenters. The number of para-hydroxylation sites is 1. The van der Waals surface area contributed by atoms with E-state index in [1.54, 1.807) is 35.3 Å². The molecule has 1 aliphatic heterocycles. The van der Waals surface area contributed by atoms with Crippen LogP contribution in [-0.4, -0.2) is 66.8 Å². The van der Waals surface area contributed by atoms with Crippen molar-refractivity contribution in [2.45, 2.75) is 38.8 Å². The van der Waals surface area contributed by atoms with Gasteiger partial charge in [0.15, 0.2) is 0 Å². The van der Waals surface area contributed by atoms with E-state index in [0.717, 1.165) is 30.0 Å². The predicted octanol–water partition coefficient (Wildman–Crippen LogP) is 5.49. The van der Waals surface area contributed by atoms with Crippen molar-refractivity contribution in [2.75, 3.05) is 31.6 Å². The number of halogens is 1. The number of hydrogen-bond donors (Lipinski definition) is 1. The summed E-state index contributed by atoms with van der Waals surface area (Å²) in [6, 6.07) is 17.2. The number of nitrogens with zero attached hydrogens (tertiary/aromatic N) is 7. The fourth-order valence-corrected chi connectivity index (χ4v) is 5.93. The smallest absolute Gasteiger partial charge is 0.260 e. The van der Waals surface area contributed by atoms with E-state index in [4.69, 9.17) is 21.6 Å². The minimum absolute atomic E-state index is 0.118. The molecule has 1 N–H and O–H groups in total. The number of benzene rings is 2. The Morgan fingerprint density at radius 2 is 1.77 bits per heavy atom. The molecule has 1 aliphatic rings. The molecule has 9 nitrogen and oxygen atoms in total. The molecule has 0 spiro atoms. The summed E-state index contributed by atoms with van der Waals surface area (Å²) in [5.41, 5.74) is 3.43. The molecule has 0 amide bonds. The van der Waals surface area contributed by atoms with E-state index in [1.165, 1.54) is 0 Å². The molecule has 1 saturated heterocycles. The van der Waals surface area contributed by atoms with Crippen molar-refractivity contribution in [2.24, 2.45) is 0 Å². The second kappa shape index (κ2) is 11.8. The van der Waals surface area contributed by atoms with Crippen LogP contribution >= 0.6 is 11.6 Å². The first-order valence-corrected chi connectivity index (χ1v) is 14.9. The Morgan fingerprint density at radius 1 is 1.00 bits per heavy atom. The zero-order valence-electron chi connectivity index (χ0n) is 24.5. The number of pyridine rings is 1. The predicted molar refractivity (Wildman–Crippen MR) is 171 cm³/mol. The lowest BCUT2D eigenvalue weighted by molar-refractivity contribution is -0.0289. The fraction of sp³-hybridized carbons (Fsp3) is 0.303. The van der Waals surface area contributed by atoms with Crippen LogP contribution in [0.15, 0.2) is 78.0 Å². The maximum Gasteiger partial charge on any atom is 0.260 e. The number of rotatable bonds is 7. The van der Waals surface area contributed by atoms with Gasteiger partial charge < -0.3 is 14.9 Å². The zero-order chi connectivity index (χ0) is 30.1. The van der Waals surface area contributed by atoms with E-state index in [1.807, 2.05) is 68.3 Å². The molecule has 10 heteroatoms. The van der Waals surface area contributed by atoms with Crippen molar-refractivity contribution in [3.05, 3.63) is 94.3 Å². The third-order valence-corrected chi connectivity index (χ3v) is 8.43. The standard InChI is InChI=1S/C33H34ClN7O2/c1-4-40(25-8-6-5-7-9-25)32-36-19-24-16-27(26-11-10-23(17-28(26)34)29-20-35-18-22(2)37-29)31(42)41(30(24)38-32)21-33(43)12-14-39(3)15-13-33/h5-11,16-20,43H,4,12-15,21H2,1-3H3. The summed E-state index contributed by atoms with van der Waals surface area (Å²) >= 11 is 6.83. The van der Waals surface area contributed by atoms with Crippen LogP contribution in [0, 0.1) is 6.92 Å². The number of anilines is 2. The van der Waals surface area contributed by atoms with Crippen molar-refractivity contribution in [1.29, 1.82) is 0 Å². The minimum Gasteiger partial charge on any atom is -0.388 e. The van der Waals surface area contributed by atoms with Gasteiger partial charge in [-0.3, -0.25) is 14.3 Å². The van der Waals surface area contributed by atoms with E-state index >= 15 is 0 Å². The summed E-state index contributed by atoms with van der Waals surface area (Å²) in [4.78, 5) is 36.9. The average molecular weight is 596 g/mol. The number of aromatic nitrogens is 5. The summed E-state index contributed by atoms with van der Waals surface area (Å²) in [7, 11) is 2.04. The van der Waals surface area contributed by atoms with Gasteiger partial charge in [-0.2, -0.15) is 4.98 Å². The maximum absolute atomic E-state index is 14.3. The molecular formula is C33H34ClN7O2. The lowest BCUT2D eigenvalue weighted by Gasteiger charge is -2.37. The Bertz CT molecular complexity index is 1840. The Kier molecular flexibility index (Phi) is 7.96. The van der Waals surface area contributed by atoms with Crippen molar-refractivity contribution in [1.82, 2.24) is 29.4 Å². The average Bonchev–Trinajstić information content (AvgIpc) is 3.01.